The summed E-state index contributed by atoms with van der Waals surface area (Å²) in [5.41, 5.74) is 1.03. The van der Waals surface area contributed by atoms with E-state index in [1.807, 2.05) is 18.2 Å². The summed E-state index contributed by atoms with van der Waals surface area (Å²) in [6.07, 6.45) is 0.0360. The highest BCUT2D eigenvalue weighted by Gasteiger charge is 2.33. The molecule has 0 nitrogen and oxygen atoms in total. The summed E-state index contributed by atoms with van der Waals surface area (Å²) in [6, 6.07) is 10.4. The highest BCUT2D eigenvalue weighted by atomic mass is 19.4. The molecule has 0 radical (unpaired) electrons. The molecule has 0 amide bonds. The molecule has 0 saturated heterocycles. The lowest BCUT2D eigenvalue weighted by atomic mass is 10.0. The van der Waals surface area contributed by atoms with Gasteiger partial charge in [-0.3, -0.25) is 0 Å². The second kappa shape index (κ2) is 6.77. The summed E-state index contributed by atoms with van der Waals surface area (Å²) in [5.74, 6) is -1.25. The minimum absolute atomic E-state index is 0.433. The highest BCUT2D eigenvalue weighted by Crippen LogP contribution is 2.33. The molecule has 0 bridgehead atoms. The van der Waals surface area contributed by atoms with Gasteiger partial charge in [0.25, 0.3) is 0 Å². The molecule has 22 heavy (non-hydrogen) atoms. The first-order valence-electron chi connectivity index (χ1n) is 6.99. The molecule has 0 aliphatic heterocycles. The van der Waals surface area contributed by atoms with Crippen molar-refractivity contribution in [2.45, 2.75) is 25.4 Å². The number of hydrogen-bond donors (Lipinski definition) is 0. The number of alkyl halides is 3. The first-order chi connectivity index (χ1) is 10.4. The van der Waals surface area contributed by atoms with Crippen molar-refractivity contribution in [2.75, 3.05) is 0 Å². The highest BCUT2D eigenvalue weighted by molar-refractivity contribution is 5.64. The van der Waals surface area contributed by atoms with Crippen molar-refractivity contribution < 1.29 is 17.6 Å². The van der Waals surface area contributed by atoms with Gasteiger partial charge in [-0.25, -0.2) is 4.39 Å². The van der Waals surface area contributed by atoms with E-state index in [2.05, 4.69) is 6.58 Å². The van der Waals surface area contributed by atoms with E-state index in [9.17, 15) is 17.6 Å². The van der Waals surface area contributed by atoms with E-state index in [1.165, 1.54) is 6.07 Å². The Kier molecular flexibility index (Phi) is 5.01. The molecule has 2 rings (SSSR count). The molecule has 2 aromatic carbocycles. The van der Waals surface area contributed by atoms with E-state index in [0.29, 0.717) is 11.1 Å². The van der Waals surface area contributed by atoms with Gasteiger partial charge in [0.2, 0.25) is 0 Å². The molecule has 0 atom stereocenters. The third kappa shape index (κ3) is 3.97. The first-order valence-corrected chi connectivity index (χ1v) is 6.99. The zero-order valence-electron chi connectivity index (χ0n) is 12.0. The molecular formula is C18H16F4. The van der Waals surface area contributed by atoms with Crippen LogP contribution in [0.3, 0.4) is 0 Å². The average Bonchev–Trinajstić information content (AvgIpc) is 2.47. The van der Waals surface area contributed by atoms with E-state index in [1.54, 1.807) is 12.1 Å². The molecule has 116 valence electrons. The van der Waals surface area contributed by atoms with Crippen LogP contribution in [0.2, 0.25) is 0 Å². The first kappa shape index (κ1) is 16.3. The second-order valence-corrected chi connectivity index (χ2v) is 5.07. The van der Waals surface area contributed by atoms with Crippen molar-refractivity contribution in [3.63, 3.8) is 0 Å². The number of benzene rings is 2. The SMILES string of the molecule is C=CCCCc1ccc(-c2ccc(C(F)(F)F)c(F)c2)cc1. The van der Waals surface area contributed by atoms with E-state index >= 15 is 0 Å². The maximum atomic E-state index is 13.6. The van der Waals surface area contributed by atoms with Crippen LogP contribution in [-0.2, 0) is 12.6 Å². The Morgan fingerprint density at radius 1 is 0.955 bits per heavy atom. The summed E-state index contributed by atoms with van der Waals surface area (Å²) in [5, 5.41) is 0. The molecule has 0 aromatic heterocycles. The van der Waals surface area contributed by atoms with Crippen LogP contribution in [0, 0.1) is 5.82 Å². The summed E-state index contributed by atoms with van der Waals surface area (Å²) in [7, 11) is 0. The van der Waals surface area contributed by atoms with Gasteiger partial charge in [0.1, 0.15) is 5.82 Å². The fourth-order valence-corrected chi connectivity index (χ4v) is 2.24. The molecule has 0 spiro atoms. The molecule has 0 unspecified atom stereocenters. The van der Waals surface area contributed by atoms with Crippen LogP contribution < -0.4 is 0 Å². The van der Waals surface area contributed by atoms with Crippen molar-refractivity contribution in [1.29, 1.82) is 0 Å². The van der Waals surface area contributed by atoms with Gasteiger partial charge in [-0.15, -0.1) is 6.58 Å². The minimum atomic E-state index is -4.67. The largest absolute Gasteiger partial charge is 0.419 e. The van der Waals surface area contributed by atoms with Gasteiger partial charge in [-0.2, -0.15) is 13.2 Å². The van der Waals surface area contributed by atoms with Gasteiger partial charge in [-0.05, 0) is 48.1 Å². The summed E-state index contributed by atoms with van der Waals surface area (Å²) < 4.78 is 51.2. The van der Waals surface area contributed by atoms with Gasteiger partial charge < -0.3 is 0 Å². The molecule has 2 aromatic rings. The second-order valence-electron chi connectivity index (χ2n) is 5.07. The quantitative estimate of drug-likeness (QED) is 0.360. The standard InChI is InChI=1S/C18H16F4/c1-2-3-4-5-13-6-8-14(9-7-13)15-10-11-16(17(19)12-15)18(20,21)22/h2,6-12H,1,3-5H2. The third-order valence-electron chi connectivity index (χ3n) is 3.44. The zero-order valence-corrected chi connectivity index (χ0v) is 12.0. The van der Waals surface area contributed by atoms with E-state index in [4.69, 9.17) is 0 Å². The van der Waals surface area contributed by atoms with Crippen LogP contribution in [0.4, 0.5) is 17.6 Å². The normalized spacial score (nSPS) is 11.5. The zero-order chi connectivity index (χ0) is 16.2. The predicted octanol–water partition coefficient (Wildman–Crippen LogP) is 6.02. The van der Waals surface area contributed by atoms with Crippen molar-refractivity contribution in [1.82, 2.24) is 0 Å². The van der Waals surface area contributed by atoms with Gasteiger partial charge in [-0.1, -0.05) is 36.4 Å². The van der Waals surface area contributed by atoms with Gasteiger partial charge in [0.15, 0.2) is 0 Å². The Morgan fingerprint density at radius 3 is 2.14 bits per heavy atom. The number of unbranched alkanes of at least 4 members (excludes halogenated alkanes) is 1. The molecular weight excluding hydrogens is 292 g/mol. The van der Waals surface area contributed by atoms with Crippen LogP contribution >= 0.6 is 0 Å². The van der Waals surface area contributed by atoms with Crippen LogP contribution in [0.15, 0.2) is 55.1 Å². The molecule has 0 aliphatic carbocycles. The van der Waals surface area contributed by atoms with Crippen LogP contribution in [0.1, 0.15) is 24.0 Å². The molecule has 0 aliphatic rings. The van der Waals surface area contributed by atoms with Crippen LogP contribution in [0.25, 0.3) is 11.1 Å². The summed E-state index contributed by atoms with van der Waals surface area (Å²) >= 11 is 0. The fraction of sp³-hybridized carbons (Fsp3) is 0.222. The molecule has 0 heterocycles. The van der Waals surface area contributed by atoms with E-state index in [-0.39, 0.29) is 0 Å². The molecule has 0 N–H and O–H groups in total. The monoisotopic (exact) mass is 308 g/mol. The van der Waals surface area contributed by atoms with Gasteiger partial charge in [0, 0.05) is 0 Å². The van der Waals surface area contributed by atoms with Crippen molar-refractivity contribution in [2.24, 2.45) is 0 Å². The lowest BCUT2D eigenvalue weighted by molar-refractivity contribution is -0.139. The van der Waals surface area contributed by atoms with E-state index in [0.717, 1.165) is 37.0 Å². The van der Waals surface area contributed by atoms with Crippen molar-refractivity contribution in [3.8, 4) is 11.1 Å². The summed E-state index contributed by atoms with van der Waals surface area (Å²) in [6.45, 7) is 3.66. The topological polar surface area (TPSA) is 0 Å². The Bertz CT molecular complexity index is 639. The number of allylic oxidation sites excluding steroid dienone is 1. The minimum Gasteiger partial charge on any atom is -0.206 e. The third-order valence-corrected chi connectivity index (χ3v) is 3.44. The number of hydrogen-bond acceptors (Lipinski definition) is 0. The smallest absolute Gasteiger partial charge is 0.206 e. The number of aryl methyl sites for hydroxylation is 1. The Labute approximate surface area is 127 Å². The van der Waals surface area contributed by atoms with Crippen LogP contribution in [-0.4, -0.2) is 0 Å². The predicted molar refractivity (Wildman–Crippen MR) is 80.0 cm³/mol. The van der Waals surface area contributed by atoms with Crippen molar-refractivity contribution >= 4 is 0 Å². The van der Waals surface area contributed by atoms with E-state index < -0.39 is 17.6 Å². The molecule has 4 heteroatoms. The van der Waals surface area contributed by atoms with Crippen molar-refractivity contribution in [3.05, 3.63) is 72.1 Å². The maximum Gasteiger partial charge on any atom is 0.419 e. The van der Waals surface area contributed by atoms with Gasteiger partial charge >= 0.3 is 6.18 Å². The van der Waals surface area contributed by atoms with Gasteiger partial charge in [0.05, 0.1) is 5.56 Å². The number of halogens is 4. The Hall–Kier alpha value is -2.10. The Balaban J connectivity index is 2.18. The number of rotatable bonds is 5. The molecule has 0 fully saturated rings. The Morgan fingerprint density at radius 2 is 1.59 bits per heavy atom. The lowest BCUT2D eigenvalue weighted by Crippen LogP contribution is -2.07. The maximum absolute atomic E-state index is 13.6. The average molecular weight is 308 g/mol. The van der Waals surface area contributed by atoms with Crippen LogP contribution in [0.5, 0.6) is 0 Å². The lowest BCUT2D eigenvalue weighted by Gasteiger charge is -2.10. The summed E-state index contributed by atoms with van der Waals surface area (Å²) in [4.78, 5) is 0. The molecule has 0 saturated carbocycles. The fourth-order valence-electron chi connectivity index (χ4n) is 2.24.